The number of aromatic nitrogens is 2. The predicted octanol–water partition coefficient (Wildman–Crippen LogP) is 2.80. The van der Waals surface area contributed by atoms with Crippen LogP contribution in [0.1, 0.15) is 36.8 Å². The molecule has 1 aliphatic carbocycles. The van der Waals surface area contributed by atoms with E-state index in [4.69, 9.17) is 5.73 Å². The number of fused-ring (bicyclic) bond motifs is 1. The summed E-state index contributed by atoms with van der Waals surface area (Å²) in [5.74, 6) is 4.13. The summed E-state index contributed by atoms with van der Waals surface area (Å²) in [6.07, 6.45) is 7.00. The molecule has 5 N–H and O–H groups in total. The van der Waals surface area contributed by atoms with Gasteiger partial charge in [0.25, 0.3) is 5.91 Å². The molecule has 2 heterocycles. The quantitative estimate of drug-likeness (QED) is 0.351. The summed E-state index contributed by atoms with van der Waals surface area (Å²) in [4.78, 5) is 27.2. The number of carbonyl (C=O) groups excluding carboxylic acids is 1. The van der Waals surface area contributed by atoms with Crippen molar-refractivity contribution in [1.82, 2.24) is 20.2 Å². The lowest BCUT2D eigenvalue weighted by Gasteiger charge is -2.29. The Morgan fingerprint density at radius 1 is 1.10 bits per heavy atom. The fourth-order valence-electron chi connectivity index (χ4n) is 4.66. The van der Waals surface area contributed by atoms with Crippen molar-refractivity contribution in [2.45, 2.75) is 50.5 Å². The number of anilines is 1. The number of rotatable bonds is 6. The monoisotopic (exact) mass is 545 g/mol. The molecule has 1 aliphatic heterocycles. The average molecular weight is 546 g/mol. The van der Waals surface area contributed by atoms with E-state index in [2.05, 4.69) is 37.4 Å². The Morgan fingerprint density at radius 2 is 1.93 bits per heavy atom. The minimum Gasteiger partial charge on any atom is -0.369 e. The summed E-state index contributed by atoms with van der Waals surface area (Å²) in [7, 11) is 0. The Hall–Kier alpha value is -4.40. The number of benzene rings is 2. The van der Waals surface area contributed by atoms with Gasteiger partial charge in [-0.1, -0.05) is 17.9 Å². The van der Waals surface area contributed by atoms with Gasteiger partial charge in [-0.3, -0.25) is 9.78 Å². The largest absolute Gasteiger partial charge is 0.369 e. The van der Waals surface area contributed by atoms with Gasteiger partial charge in [-0.2, -0.15) is 0 Å². The predicted molar refractivity (Wildman–Crippen MR) is 148 cm³/mol. The number of halogens is 2. The lowest BCUT2D eigenvalue weighted by molar-refractivity contribution is -0.119. The maximum atomic E-state index is 13.5. The highest BCUT2D eigenvalue weighted by molar-refractivity contribution is 5.95. The van der Waals surface area contributed by atoms with Gasteiger partial charge >= 0.3 is 0 Å². The number of aliphatic imine (C=N–C) groups is 1. The summed E-state index contributed by atoms with van der Waals surface area (Å²) in [6.45, 7) is 0.0636. The molecule has 1 fully saturated rings. The first-order valence-electron chi connectivity index (χ1n) is 13.0. The molecule has 1 amide bonds. The molecular formula is C29H29F2N7O2. The van der Waals surface area contributed by atoms with Crippen molar-refractivity contribution in [2.24, 2.45) is 10.7 Å². The van der Waals surface area contributed by atoms with Gasteiger partial charge in [0, 0.05) is 30.4 Å². The molecule has 1 saturated carbocycles. The van der Waals surface area contributed by atoms with Crippen LogP contribution < -0.4 is 16.4 Å². The molecule has 1 atom stereocenters. The third-order valence-corrected chi connectivity index (χ3v) is 6.87. The minimum atomic E-state index is -1.31. The number of nitrogens with two attached hydrogens (primary N) is 1. The van der Waals surface area contributed by atoms with Crippen LogP contribution in [0, 0.1) is 23.5 Å². The van der Waals surface area contributed by atoms with Crippen LogP contribution >= 0.6 is 0 Å². The Balaban J connectivity index is 1.16. The molecule has 0 spiro atoms. The number of carbonyl (C=O) groups is 1. The first kappa shape index (κ1) is 27.2. The number of nitrogens with zero attached hydrogens (tertiary/aromatic N) is 4. The average Bonchev–Trinajstić information content (AvgIpc) is 2.95. The van der Waals surface area contributed by atoms with Crippen LogP contribution in [0.15, 0.2) is 59.4 Å². The van der Waals surface area contributed by atoms with Crippen molar-refractivity contribution >= 4 is 29.1 Å². The van der Waals surface area contributed by atoms with Crippen molar-refractivity contribution in [2.75, 3.05) is 11.9 Å². The molecular weight excluding hydrogens is 516 g/mol. The van der Waals surface area contributed by atoms with Crippen LogP contribution in [0.4, 0.5) is 14.6 Å². The molecule has 3 aromatic rings. The highest BCUT2D eigenvalue weighted by Gasteiger charge is 2.26. The second-order valence-electron chi connectivity index (χ2n) is 9.84. The zero-order valence-electron chi connectivity index (χ0n) is 21.6. The zero-order valence-corrected chi connectivity index (χ0v) is 21.6. The molecule has 2 aromatic carbocycles. The molecule has 1 unspecified atom stereocenters. The normalized spacial score (nSPS) is 20.4. The topological polar surface area (TPSA) is 129 Å². The van der Waals surface area contributed by atoms with Gasteiger partial charge in [-0.05, 0) is 61.6 Å². The molecule has 5 rings (SSSR count). The van der Waals surface area contributed by atoms with Crippen LogP contribution in [0.2, 0.25) is 0 Å². The van der Waals surface area contributed by atoms with Crippen LogP contribution in [-0.2, 0) is 11.3 Å². The van der Waals surface area contributed by atoms with E-state index in [1.165, 1.54) is 23.5 Å². The van der Waals surface area contributed by atoms with E-state index in [1.807, 2.05) is 18.2 Å². The molecule has 11 heteroatoms. The zero-order chi connectivity index (χ0) is 28.1. The summed E-state index contributed by atoms with van der Waals surface area (Å²) in [5, 5.41) is 16.7. The first-order chi connectivity index (χ1) is 19.4. The second-order valence-corrected chi connectivity index (χ2v) is 9.84. The van der Waals surface area contributed by atoms with Gasteiger partial charge in [0.2, 0.25) is 0 Å². The Labute approximate surface area is 230 Å². The SMILES string of the molecule is N[C@H]1CC[C@H](Nc2cnc3ccc(C#CCNC(=O)C4=CN=CN(Cc5ccc(F)c(F)c5)C4O)cc3n2)CC1. The van der Waals surface area contributed by atoms with Crippen LogP contribution in [0.25, 0.3) is 11.0 Å². The van der Waals surface area contributed by atoms with Gasteiger partial charge in [-0.25, -0.2) is 18.8 Å². The van der Waals surface area contributed by atoms with Gasteiger partial charge in [0.05, 0.1) is 35.7 Å². The van der Waals surface area contributed by atoms with Crippen molar-refractivity contribution in [3.8, 4) is 11.8 Å². The lowest BCUT2D eigenvalue weighted by Crippen LogP contribution is -2.42. The Morgan fingerprint density at radius 3 is 2.73 bits per heavy atom. The molecule has 2 aliphatic rings. The molecule has 206 valence electrons. The number of amides is 1. The second kappa shape index (κ2) is 12.2. The van der Waals surface area contributed by atoms with Crippen molar-refractivity contribution in [3.05, 3.63) is 77.1 Å². The smallest absolute Gasteiger partial charge is 0.254 e. The van der Waals surface area contributed by atoms with Crippen LogP contribution in [0.5, 0.6) is 0 Å². The Kier molecular flexibility index (Phi) is 8.28. The van der Waals surface area contributed by atoms with E-state index in [-0.39, 0.29) is 24.7 Å². The van der Waals surface area contributed by atoms with Crippen LogP contribution in [-0.4, -0.2) is 57.1 Å². The molecule has 9 nitrogen and oxygen atoms in total. The summed E-state index contributed by atoms with van der Waals surface area (Å²) >= 11 is 0. The van der Waals surface area contributed by atoms with Gasteiger partial charge in [0.1, 0.15) is 5.82 Å². The summed E-state index contributed by atoms with van der Waals surface area (Å²) in [5.41, 5.74) is 8.60. The molecule has 0 bridgehead atoms. The van der Waals surface area contributed by atoms with Gasteiger partial charge in [0.15, 0.2) is 17.9 Å². The third kappa shape index (κ3) is 6.59. The van der Waals surface area contributed by atoms with Crippen molar-refractivity contribution < 1.29 is 18.7 Å². The first-order valence-corrected chi connectivity index (χ1v) is 13.0. The summed E-state index contributed by atoms with van der Waals surface area (Å²) < 4.78 is 26.7. The standard InChI is InChI=1S/C29H29F2N7O2/c30-23-9-3-19(12-24(23)31)16-38-17-33-14-22(29(38)40)28(39)34-11-1-2-18-4-10-25-26(13-18)37-27(15-35-25)36-21-7-5-20(32)6-8-21/h3-4,9-10,12-15,17,20-21,29,40H,5-8,11,16,32H2,(H,34,39)(H,36,37)/t20-,21-,29?. The fraction of sp³-hybridized carbons (Fsp3) is 0.310. The highest BCUT2D eigenvalue weighted by atomic mass is 19.2. The maximum absolute atomic E-state index is 13.5. The van der Waals surface area contributed by atoms with Gasteiger partial charge < -0.3 is 26.4 Å². The van der Waals surface area contributed by atoms with E-state index in [1.54, 1.807) is 6.20 Å². The molecule has 40 heavy (non-hydrogen) atoms. The summed E-state index contributed by atoms with van der Waals surface area (Å²) in [6, 6.07) is 9.57. The highest BCUT2D eigenvalue weighted by Crippen LogP contribution is 2.22. The van der Waals surface area contributed by atoms with Crippen molar-refractivity contribution in [3.63, 3.8) is 0 Å². The van der Waals surface area contributed by atoms with E-state index in [9.17, 15) is 18.7 Å². The maximum Gasteiger partial charge on any atom is 0.254 e. The van der Waals surface area contributed by atoms with Gasteiger partial charge in [-0.15, -0.1) is 0 Å². The molecule has 1 aromatic heterocycles. The van der Waals surface area contributed by atoms with E-state index < -0.39 is 23.8 Å². The number of hydrogen-bond acceptors (Lipinski definition) is 8. The minimum absolute atomic E-state index is 0.00726. The van der Waals surface area contributed by atoms with E-state index in [0.717, 1.165) is 48.9 Å². The van der Waals surface area contributed by atoms with Crippen molar-refractivity contribution in [1.29, 1.82) is 0 Å². The Bertz CT molecular complexity index is 1520. The number of aliphatic hydroxyl groups is 1. The fourth-order valence-corrected chi connectivity index (χ4v) is 4.66. The number of aliphatic hydroxyl groups excluding tert-OH is 1. The third-order valence-electron chi connectivity index (χ3n) is 6.87. The number of hydrogen-bond donors (Lipinski definition) is 4. The molecule has 0 saturated heterocycles. The number of nitrogens with one attached hydrogen (secondary N) is 2. The van der Waals surface area contributed by atoms with E-state index in [0.29, 0.717) is 22.9 Å². The lowest BCUT2D eigenvalue weighted by atomic mass is 9.92. The van der Waals surface area contributed by atoms with E-state index >= 15 is 0 Å². The van der Waals surface area contributed by atoms with Crippen LogP contribution in [0.3, 0.4) is 0 Å². The molecule has 0 radical (unpaired) electrons.